The number of piperidine rings is 1. The molecule has 1 atom stereocenters. The summed E-state index contributed by atoms with van der Waals surface area (Å²) >= 11 is 0. The molecule has 1 amide bonds. The van der Waals surface area contributed by atoms with E-state index in [9.17, 15) is 13.2 Å². The molecule has 0 bridgehead atoms. The van der Waals surface area contributed by atoms with Crippen molar-refractivity contribution in [3.63, 3.8) is 0 Å². The highest BCUT2D eigenvalue weighted by molar-refractivity contribution is 7.89. The summed E-state index contributed by atoms with van der Waals surface area (Å²) in [5.41, 5.74) is 1.37. The van der Waals surface area contributed by atoms with Gasteiger partial charge in [-0.2, -0.15) is 4.31 Å². The van der Waals surface area contributed by atoms with Gasteiger partial charge in [0.05, 0.1) is 22.0 Å². The minimum Gasteiger partial charge on any atom is -0.324 e. The molecule has 2 aromatic carbocycles. The van der Waals surface area contributed by atoms with Crippen LogP contribution >= 0.6 is 0 Å². The largest absolute Gasteiger partial charge is 0.324 e. The van der Waals surface area contributed by atoms with Gasteiger partial charge in [-0.25, -0.2) is 8.42 Å². The van der Waals surface area contributed by atoms with Crippen molar-refractivity contribution in [1.82, 2.24) is 9.29 Å². The third kappa shape index (κ3) is 3.63. The molecule has 144 valence electrons. The van der Waals surface area contributed by atoms with E-state index in [4.69, 9.17) is 0 Å². The zero-order valence-corrected chi connectivity index (χ0v) is 16.1. The molecule has 1 fully saturated rings. The van der Waals surface area contributed by atoms with Crippen molar-refractivity contribution in [2.45, 2.75) is 17.7 Å². The lowest BCUT2D eigenvalue weighted by Gasteiger charge is -2.31. The van der Waals surface area contributed by atoms with E-state index >= 15 is 0 Å². The van der Waals surface area contributed by atoms with Gasteiger partial charge in [-0.05, 0) is 37.1 Å². The van der Waals surface area contributed by atoms with Crippen LogP contribution < -0.4 is 5.32 Å². The number of anilines is 1. The van der Waals surface area contributed by atoms with Gasteiger partial charge in [0.15, 0.2) is 0 Å². The first-order valence-corrected chi connectivity index (χ1v) is 10.7. The van der Waals surface area contributed by atoms with Crippen molar-refractivity contribution < 1.29 is 13.2 Å². The maximum atomic E-state index is 12.9. The number of carbonyl (C=O) groups is 1. The minimum atomic E-state index is -3.60. The number of nitrogens with zero attached hydrogens (tertiary/aromatic N) is 2. The van der Waals surface area contributed by atoms with Crippen LogP contribution in [0.2, 0.25) is 0 Å². The summed E-state index contributed by atoms with van der Waals surface area (Å²) in [6, 6.07) is 17.8. The van der Waals surface area contributed by atoms with Crippen LogP contribution in [0.3, 0.4) is 0 Å². The number of fused-ring (bicyclic) bond motifs is 1. The predicted molar refractivity (Wildman–Crippen MR) is 108 cm³/mol. The van der Waals surface area contributed by atoms with Crippen LogP contribution in [-0.4, -0.2) is 36.7 Å². The van der Waals surface area contributed by atoms with E-state index in [0.29, 0.717) is 25.1 Å². The van der Waals surface area contributed by atoms with Gasteiger partial charge in [0.1, 0.15) is 0 Å². The Kier molecular flexibility index (Phi) is 5.11. The summed E-state index contributed by atoms with van der Waals surface area (Å²) in [6.07, 6.45) is 3.00. The number of rotatable bonds is 4. The third-order valence-corrected chi connectivity index (χ3v) is 6.91. The molecule has 0 aliphatic carbocycles. The lowest BCUT2D eigenvalue weighted by atomic mass is 9.98. The van der Waals surface area contributed by atoms with Crippen LogP contribution in [0.15, 0.2) is 71.8 Å². The molecule has 0 spiro atoms. The highest BCUT2D eigenvalue weighted by Gasteiger charge is 2.33. The zero-order valence-electron chi connectivity index (χ0n) is 15.3. The molecule has 1 aliphatic heterocycles. The molecule has 3 aromatic rings. The summed E-state index contributed by atoms with van der Waals surface area (Å²) in [5, 5.41) is 3.89. The average molecular weight is 395 g/mol. The number of hydrogen-bond acceptors (Lipinski definition) is 4. The molecule has 0 radical (unpaired) electrons. The van der Waals surface area contributed by atoms with Gasteiger partial charge < -0.3 is 5.32 Å². The first-order chi connectivity index (χ1) is 13.6. The fourth-order valence-electron chi connectivity index (χ4n) is 3.56. The first-order valence-electron chi connectivity index (χ1n) is 9.25. The number of aromatic nitrogens is 1. The molecule has 1 unspecified atom stereocenters. The van der Waals surface area contributed by atoms with Crippen molar-refractivity contribution in [2.75, 3.05) is 18.4 Å². The number of sulfonamides is 1. The van der Waals surface area contributed by atoms with E-state index in [0.717, 1.165) is 10.9 Å². The summed E-state index contributed by atoms with van der Waals surface area (Å²) < 4.78 is 27.2. The van der Waals surface area contributed by atoms with Crippen molar-refractivity contribution in [1.29, 1.82) is 0 Å². The lowest BCUT2D eigenvalue weighted by molar-refractivity contribution is -0.120. The average Bonchev–Trinajstić information content (AvgIpc) is 2.75. The molecule has 1 aromatic heterocycles. The van der Waals surface area contributed by atoms with Gasteiger partial charge in [-0.1, -0.05) is 36.4 Å². The summed E-state index contributed by atoms with van der Waals surface area (Å²) in [7, 11) is -3.60. The van der Waals surface area contributed by atoms with Crippen molar-refractivity contribution in [3.05, 3.63) is 66.9 Å². The van der Waals surface area contributed by atoms with Gasteiger partial charge in [0.25, 0.3) is 0 Å². The van der Waals surface area contributed by atoms with E-state index in [1.54, 1.807) is 36.5 Å². The molecule has 0 saturated carbocycles. The SMILES string of the molecule is O=C(Nc1cccc2cccnc12)C1CCCN(S(=O)(=O)c2ccccc2)C1. The molecular formula is C21H21N3O3S. The molecule has 6 nitrogen and oxygen atoms in total. The molecule has 4 rings (SSSR count). The van der Waals surface area contributed by atoms with Gasteiger partial charge >= 0.3 is 0 Å². The Bertz CT molecular complexity index is 1090. The second-order valence-electron chi connectivity index (χ2n) is 6.89. The van der Waals surface area contributed by atoms with Gasteiger partial charge in [-0.15, -0.1) is 0 Å². The number of carbonyl (C=O) groups excluding carboxylic acids is 1. The smallest absolute Gasteiger partial charge is 0.243 e. The van der Waals surface area contributed by atoms with E-state index in [-0.39, 0.29) is 17.3 Å². The monoisotopic (exact) mass is 395 g/mol. The normalized spacial score (nSPS) is 18.1. The first kappa shape index (κ1) is 18.6. The number of amides is 1. The van der Waals surface area contributed by atoms with Crippen LogP contribution in [0.1, 0.15) is 12.8 Å². The van der Waals surface area contributed by atoms with Crippen LogP contribution in [0.5, 0.6) is 0 Å². The fraction of sp³-hybridized carbons (Fsp3) is 0.238. The van der Waals surface area contributed by atoms with Gasteiger partial charge in [-0.3, -0.25) is 9.78 Å². The maximum Gasteiger partial charge on any atom is 0.243 e. The van der Waals surface area contributed by atoms with Crippen molar-refractivity contribution >= 4 is 32.5 Å². The summed E-state index contributed by atoms with van der Waals surface area (Å²) in [6.45, 7) is 0.609. The number of hydrogen-bond donors (Lipinski definition) is 1. The van der Waals surface area contributed by atoms with Gasteiger partial charge in [0, 0.05) is 24.7 Å². The van der Waals surface area contributed by atoms with Crippen LogP contribution in [-0.2, 0) is 14.8 Å². The molecule has 7 heteroatoms. The maximum absolute atomic E-state index is 12.9. The zero-order chi connectivity index (χ0) is 19.6. The summed E-state index contributed by atoms with van der Waals surface area (Å²) in [4.78, 5) is 17.5. The van der Waals surface area contributed by atoms with E-state index in [2.05, 4.69) is 10.3 Å². The minimum absolute atomic E-state index is 0.175. The quantitative estimate of drug-likeness (QED) is 0.735. The van der Waals surface area contributed by atoms with Crippen LogP contribution in [0.25, 0.3) is 10.9 Å². The Morgan fingerprint density at radius 2 is 1.82 bits per heavy atom. The second-order valence-corrected chi connectivity index (χ2v) is 8.82. The highest BCUT2D eigenvalue weighted by Crippen LogP contribution is 2.26. The molecular weight excluding hydrogens is 374 g/mol. The fourth-order valence-corrected chi connectivity index (χ4v) is 5.10. The van der Waals surface area contributed by atoms with E-state index < -0.39 is 15.9 Å². The van der Waals surface area contributed by atoms with Crippen molar-refractivity contribution in [3.8, 4) is 0 Å². The second kappa shape index (κ2) is 7.69. The van der Waals surface area contributed by atoms with Crippen LogP contribution in [0.4, 0.5) is 5.69 Å². The Morgan fingerprint density at radius 1 is 1.04 bits per heavy atom. The Balaban J connectivity index is 1.52. The van der Waals surface area contributed by atoms with Crippen LogP contribution in [0, 0.1) is 5.92 Å². The Hall–Kier alpha value is -2.77. The Labute approximate surface area is 164 Å². The number of para-hydroxylation sites is 1. The number of nitrogens with one attached hydrogen (secondary N) is 1. The van der Waals surface area contributed by atoms with Gasteiger partial charge in [0.2, 0.25) is 15.9 Å². The number of pyridine rings is 1. The molecule has 1 saturated heterocycles. The van der Waals surface area contributed by atoms with E-state index in [1.165, 1.54) is 4.31 Å². The third-order valence-electron chi connectivity index (χ3n) is 5.03. The summed E-state index contributed by atoms with van der Waals surface area (Å²) in [5.74, 6) is -0.572. The standard InChI is InChI=1S/C21H21N3O3S/c25-21(23-19-12-4-7-16-8-5-13-22-20(16)19)17-9-6-14-24(15-17)28(26,27)18-10-2-1-3-11-18/h1-5,7-8,10-13,17H,6,9,14-15H2,(H,23,25). The topological polar surface area (TPSA) is 79.4 Å². The molecule has 1 N–H and O–H groups in total. The predicted octanol–water partition coefficient (Wildman–Crippen LogP) is 3.27. The highest BCUT2D eigenvalue weighted by atomic mass is 32.2. The molecule has 2 heterocycles. The lowest BCUT2D eigenvalue weighted by Crippen LogP contribution is -2.43. The molecule has 28 heavy (non-hydrogen) atoms. The number of benzene rings is 2. The van der Waals surface area contributed by atoms with E-state index in [1.807, 2.05) is 30.3 Å². The Morgan fingerprint density at radius 3 is 2.64 bits per heavy atom. The molecule has 1 aliphatic rings. The van der Waals surface area contributed by atoms with Crippen molar-refractivity contribution in [2.24, 2.45) is 5.92 Å².